The molecule has 4 nitrogen and oxygen atoms in total. The second-order valence-electron chi connectivity index (χ2n) is 6.40. The van der Waals surface area contributed by atoms with E-state index < -0.39 is 0 Å². The maximum Gasteiger partial charge on any atom is 0.203 e. The number of rotatable bonds is 7. The molecule has 0 bridgehead atoms. The third-order valence-electron chi connectivity index (χ3n) is 4.89. The lowest BCUT2D eigenvalue weighted by molar-refractivity contribution is 0.241. The molecule has 134 valence electrons. The van der Waals surface area contributed by atoms with Crippen LogP contribution in [0, 0.1) is 0 Å². The van der Waals surface area contributed by atoms with E-state index >= 15 is 0 Å². The van der Waals surface area contributed by atoms with Crippen LogP contribution in [0.15, 0.2) is 36.4 Å². The minimum absolute atomic E-state index is 0.690. The van der Waals surface area contributed by atoms with E-state index in [2.05, 4.69) is 41.3 Å². The summed E-state index contributed by atoms with van der Waals surface area (Å²) in [7, 11) is 5.03. The van der Waals surface area contributed by atoms with Crippen LogP contribution >= 0.6 is 0 Å². The fourth-order valence-electron chi connectivity index (χ4n) is 3.59. The van der Waals surface area contributed by atoms with Crippen molar-refractivity contribution in [2.75, 3.05) is 34.4 Å². The third-order valence-corrected chi connectivity index (χ3v) is 4.89. The first-order valence-electron chi connectivity index (χ1n) is 8.83. The van der Waals surface area contributed by atoms with Crippen molar-refractivity contribution in [3.63, 3.8) is 0 Å². The minimum Gasteiger partial charge on any atom is -0.493 e. The molecule has 4 heteroatoms. The van der Waals surface area contributed by atoms with Crippen molar-refractivity contribution in [3.8, 4) is 17.2 Å². The summed E-state index contributed by atoms with van der Waals surface area (Å²) in [5.74, 6) is 2.25. The lowest BCUT2D eigenvalue weighted by atomic mass is 9.97. The van der Waals surface area contributed by atoms with Gasteiger partial charge in [-0.25, -0.2) is 0 Å². The highest BCUT2D eigenvalue weighted by Crippen LogP contribution is 2.43. The molecule has 2 aromatic rings. The SMILES string of the molecule is COc1cc2c(c(OC)c1OC)CN(CCCc1ccccc1)CC2. The highest BCUT2D eigenvalue weighted by atomic mass is 16.5. The van der Waals surface area contributed by atoms with Crippen molar-refractivity contribution in [1.29, 1.82) is 0 Å². The van der Waals surface area contributed by atoms with E-state index in [1.165, 1.54) is 16.7 Å². The molecule has 0 saturated heterocycles. The van der Waals surface area contributed by atoms with Crippen LogP contribution in [0.4, 0.5) is 0 Å². The molecule has 1 heterocycles. The van der Waals surface area contributed by atoms with Gasteiger partial charge in [0.25, 0.3) is 0 Å². The molecule has 0 atom stereocenters. The maximum absolute atomic E-state index is 5.67. The van der Waals surface area contributed by atoms with Crippen LogP contribution in [0.5, 0.6) is 17.2 Å². The summed E-state index contributed by atoms with van der Waals surface area (Å²) in [6, 6.07) is 12.8. The monoisotopic (exact) mass is 341 g/mol. The molecule has 0 fully saturated rings. The summed E-state index contributed by atoms with van der Waals surface area (Å²) in [5.41, 5.74) is 3.93. The van der Waals surface area contributed by atoms with Crippen molar-refractivity contribution in [1.82, 2.24) is 4.90 Å². The molecule has 0 radical (unpaired) electrons. The van der Waals surface area contributed by atoms with E-state index in [0.29, 0.717) is 5.75 Å². The highest BCUT2D eigenvalue weighted by molar-refractivity contribution is 5.59. The van der Waals surface area contributed by atoms with Gasteiger partial charge in [0.15, 0.2) is 11.5 Å². The number of hydrogen-bond donors (Lipinski definition) is 0. The fraction of sp³-hybridized carbons (Fsp3) is 0.429. The molecule has 1 aliphatic heterocycles. The van der Waals surface area contributed by atoms with E-state index in [0.717, 1.165) is 50.4 Å². The Morgan fingerprint density at radius 3 is 2.40 bits per heavy atom. The molecule has 2 aromatic carbocycles. The van der Waals surface area contributed by atoms with E-state index in [1.807, 2.05) is 0 Å². The van der Waals surface area contributed by atoms with Crippen LogP contribution in [0.25, 0.3) is 0 Å². The molecular weight excluding hydrogens is 314 g/mol. The van der Waals surface area contributed by atoms with E-state index in [9.17, 15) is 0 Å². The molecule has 3 rings (SSSR count). The van der Waals surface area contributed by atoms with Gasteiger partial charge in [-0.05, 0) is 43.0 Å². The van der Waals surface area contributed by atoms with Gasteiger partial charge in [0.05, 0.1) is 21.3 Å². The largest absolute Gasteiger partial charge is 0.493 e. The summed E-state index contributed by atoms with van der Waals surface area (Å²) in [4.78, 5) is 2.50. The molecular formula is C21H27NO3. The Morgan fingerprint density at radius 2 is 1.72 bits per heavy atom. The fourth-order valence-corrected chi connectivity index (χ4v) is 3.59. The number of methoxy groups -OCH3 is 3. The van der Waals surface area contributed by atoms with Crippen molar-refractivity contribution in [2.45, 2.75) is 25.8 Å². The summed E-state index contributed by atoms with van der Waals surface area (Å²) in [6.07, 6.45) is 3.29. The summed E-state index contributed by atoms with van der Waals surface area (Å²) < 4.78 is 16.7. The second kappa shape index (κ2) is 8.26. The number of benzene rings is 2. The minimum atomic E-state index is 0.690. The molecule has 0 spiro atoms. The van der Waals surface area contributed by atoms with Gasteiger partial charge in [-0.2, -0.15) is 0 Å². The first-order chi connectivity index (χ1) is 12.3. The van der Waals surface area contributed by atoms with Gasteiger partial charge in [0.1, 0.15) is 0 Å². The molecule has 0 unspecified atom stereocenters. The first kappa shape index (κ1) is 17.6. The molecule has 0 amide bonds. The number of fused-ring (bicyclic) bond motifs is 1. The highest BCUT2D eigenvalue weighted by Gasteiger charge is 2.25. The molecule has 0 aromatic heterocycles. The lowest BCUT2D eigenvalue weighted by Gasteiger charge is -2.31. The van der Waals surface area contributed by atoms with Gasteiger partial charge in [-0.3, -0.25) is 4.90 Å². The number of aryl methyl sites for hydroxylation is 1. The molecule has 0 N–H and O–H groups in total. The molecule has 0 saturated carbocycles. The molecule has 0 aliphatic carbocycles. The average molecular weight is 341 g/mol. The third kappa shape index (κ3) is 3.90. The lowest BCUT2D eigenvalue weighted by Crippen LogP contribution is -2.32. The predicted molar refractivity (Wildman–Crippen MR) is 99.8 cm³/mol. The van der Waals surface area contributed by atoms with Crippen LogP contribution in [0.3, 0.4) is 0 Å². The van der Waals surface area contributed by atoms with E-state index in [-0.39, 0.29) is 0 Å². The Labute approximate surface area is 150 Å². The zero-order valence-electron chi connectivity index (χ0n) is 15.4. The average Bonchev–Trinajstić information content (AvgIpc) is 2.67. The van der Waals surface area contributed by atoms with Crippen molar-refractivity contribution in [3.05, 3.63) is 53.1 Å². The van der Waals surface area contributed by atoms with Gasteiger partial charge in [0, 0.05) is 18.7 Å². The Kier molecular flexibility index (Phi) is 5.82. The topological polar surface area (TPSA) is 30.9 Å². The predicted octanol–water partition coefficient (Wildman–Crippen LogP) is 3.70. The molecule has 25 heavy (non-hydrogen) atoms. The standard InChI is InChI=1S/C21H27NO3/c1-23-19-14-17-11-13-22(12-7-10-16-8-5-4-6-9-16)15-18(17)20(24-2)21(19)25-3/h4-6,8-9,14H,7,10-13,15H2,1-3H3. The number of hydrogen-bond acceptors (Lipinski definition) is 4. The van der Waals surface area contributed by atoms with Crippen LogP contribution < -0.4 is 14.2 Å². The number of nitrogens with zero attached hydrogens (tertiary/aromatic N) is 1. The zero-order chi connectivity index (χ0) is 17.6. The van der Waals surface area contributed by atoms with Crippen LogP contribution in [-0.4, -0.2) is 39.3 Å². The Hall–Kier alpha value is -2.20. The van der Waals surface area contributed by atoms with Gasteiger partial charge in [0.2, 0.25) is 5.75 Å². The van der Waals surface area contributed by atoms with E-state index in [4.69, 9.17) is 14.2 Å². The van der Waals surface area contributed by atoms with Gasteiger partial charge < -0.3 is 14.2 Å². The molecule has 1 aliphatic rings. The Bertz CT molecular complexity index is 700. The van der Waals surface area contributed by atoms with Crippen LogP contribution in [0.2, 0.25) is 0 Å². The van der Waals surface area contributed by atoms with Crippen molar-refractivity contribution in [2.24, 2.45) is 0 Å². The van der Waals surface area contributed by atoms with E-state index in [1.54, 1.807) is 21.3 Å². The zero-order valence-corrected chi connectivity index (χ0v) is 15.4. The second-order valence-corrected chi connectivity index (χ2v) is 6.40. The summed E-state index contributed by atoms with van der Waals surface area (Å²) in [6.45, 7) is 3.06. The maximum atomic E-state index is 5.67. The smallest absolute Gasteiger partial charge is 0.203 e. The van der Waals surface area contributed by atoms with Crippen molar-refractivity contribution < 1.29 is 14.2 Å². The summed E-state index contributed by atoms with van der Waals surface area (Å²) >= 11 is 0. The number of ether oxygens (including phenoxy) is 3. The van der Waals surface area contributed by atoms with Gasteiger partial charge in [-0.1, -0.05) is 30.3 Å². The first-order valence-corrected chi connectivity index (χ1v) is 8.83. The van der Waals surface area contributed by atoms with Gasteiger partial charge >= 0.3 is 0 Å². The Morgan fingerprint density at radius 1 is 0.960 bits per heavy atom. The normalized spacial score (nSPS) is 14.0. The summed E-state index contributed by atoms with van der Waals surface area (Å²) in [5, 5.41) is 0. The van der Waals surface area contributed by atoms with Crippen LogP contribution in [0.1, 0.15) is 23.1 Å². The quantitative estimate of drug-likeness (QED) is 0.768. The van der Waals surface area contributed by atoms with Gasteiger partial charge in [-0.15, -0.1) is 0 Å². The van der Waals surface area contributed by atoms with Crippen molar-refractivity contribution >= 4 is 0 Å². The van der Waals surface area contributed by atoms with Crippen LogP contribution in [-0.2, 0) is 19.4 Å². The Balaban J connectivity index is 1.70.